The van der Waals surface area contributed by atoms with E-state index in [-0.39, 0.29) is 43.3 Å². The summed E-state index contributed by atoms with van der Waals surface area (Å²) in [4.78, 5) is 0. The summed E-state index contributed by atoms with van der Waals surface area (Å²) in [5.41, 5.74) is 0.559. The number of rotatable bonds is 7. The first-order valence-electron chi connectivity index (χ1n) is 6.69. The van der Waals surface area contributed by atoms with E-state index in [2.05, 4.69) is 0 Å². The quantitative estimate of drug-likeness (QED) is 0.768. The van der Waals surface area contributed by atoms with E-state index in [1.54, 1.807) is 24.3 Å². The van der Waals surface area contributed by atoms with E-state index in [1.807, 2.05) is 0 Å². The zero-order valence-corrected chi connectivity index (χ0v) is 12.5. The molecule has 4 nitrogen and oxygen atoms in total. The van der Waals surface area contributed by atoms with Crippen molar-refractivity contribution in [3.8, 4) is 11.5 Å². The lowest BCUT2D eigenvalue weighted by Gasteiger charge is -2.15. The van der Waals surface area contributed by atoms with Crippen molar-refractivity contribution in [2.24, 2.45) is 0 Å². The standard InChI is InChI=1S/C16H16ClFO4/c17-14-3-1-2-4-15(14)21-5-6-22-16-11(9-19)7-13(18)8-12(16)10-20/h1-4,7-8,19-20H,5-6,9-10H2. The Morgan fingerprint density at radius 2 is 1.55 bits per heavy atom. The highest BCUT2D eigenvalue weighted by molar-refractivity contribution is 6.32. The summed E-state index contributed by atoms with van der Waals surface area (Å²) in [6.45, 7) is -0.384. The second-order valence-electron chi connectivity index (χ2n) is 4.50. The first kappa shape index (κ1) is 16.5. The molecule has 0 aromatic heterocycles. The van der Waals surface area contributed by atoms with Crippen molar-refractivity contribution >= 4 is 11.6 Å². The van der Waals surface area contributed by atoms with Gasteiger partial charge in [0.15, 0.2) is 0 Å². The SMILES string of the molecule is OCc1cc(F)cc(CO)c1OCCOc1ccccc1Cl. The highest BCUT2D eigenvalue weighted by atomic mass is 35.5. The molecule has 0 amide bonds. The van der Waals surface area contributed by atoms with Gasteiger partial charge in [0.05, 0.1) is 18.2 Å². The second kappa shape index (κ2) is 7.98. The van der Waals surface area contributed by atoms with Crippen molar-refractivity contribution in [3.63, 3.8) is 0 Å². The van der Waals surface area contributed by atoms with Crippen LogP contribution in [0.4, 0.5) is 4.39 Å². The molecule has 2 N–H and O–H groups in total. The van der Waals surface area contributed by atoms with E-state index >= 15 is 0 Å². The van der Waals surface area contributed by atoms with Gasteiger partial charge in [-0.25, -0.2) is 4.39 Å². The van der Waals surface area contributed by atoms with E-state index in [4.69, 9.17) is 21.1 Å². The topological polar surface area (TPSA) is 58.9 Å². The van der Waals surface area contributed by atoms with Crippen molar-refractivity contribution in [2.45, 2.75) is 13.2 Å². The number of aliphatic hydroxyl groups is 2. The Morgan fingerprint density at radius 3 is 2.14 bits per heavy atom. The van der Waals surface area contributed by atoms with Gasteiger partial charge in [0, 0.05) is 11.1 Å². The number of aliphatic hydroxyl groups excluding tert-OH is 2. The fourth-order valence-electron chi connectivity index (χ4n) is 1.99. The van der Waals surface area contributed by atoms with Crippen LogP contribution in [0.25, 0.3) is 0 Å². The van der Waals surface area contributed by atoms with Crippen molar-refractivity contribution in [1.82, 2.24) is 0 Å². The van der Waals surface area contributed by atoms with Crippen LogP contribution in [0.2, 0.25) is 5.02 Å². The Bertz CT molecular complexity index is 608. The van der Waals surface area contributed by atoms with Crippen LogP contribution >= 0.6 is 11.6 Å². The molecule has 118 valence electrons. The Hall–Kier alpha value is -1.82. The maximum atomic E-state index is 13.3. The molecular formula is C16H16ClFO4. The van der Waals surface area contributed by atoms with Crippen LogP contribution in [0.3, 0.4) is 0 Å². The van der Waals surface area contributed by atoms with Gasteiger partial charge in [0.2, 0.25) is 0 Å². The van der Waals surface area contributed by atoms with Crippen LogP contribution < -0.4 is 9.47 Å². The maximum absolute atomic E-state index is 13.3. The fourth-order valence-corrected chi connectivity index (χ4v) is 2.18. The van der Waals surface area contributed by atoms with Gasteiger partial charge in [0.1, 0.15) is 30.5 Å². The molecule has 2 rings (SSSR count). The lowest BCUT2D eigenvalue weighted by molar-refractivity contribution is 0.202. The van der Waals surface area contributed by atoms with Crippen molar-refractivity contribution < 1.29 is 24.1 Å². The van der Waals surface area contributed by atoms with Gasteiger partial charge in [-0.3, -0.25) is 0 Å². The zero-order valence-electron chi connectivity index (χ0n) is 11.8. The Morgan fingerprint density at radius 1 is 0.955 bits per heavy atom. The molecule has 0 spiro atoms. The summed E-state index contributed by atoms with van der Waals surface area (Å²) in [6.07, 6.45) is 0. The smallest absolute Gasteiger partial charge is 0.138 e. The largest absolute Gasteiger partial charge is 0.489 e. The van der Waals surface area contributed by atoms with Crippen LogP contribution in [-0.4, -0.2) is 23.4 Å². The lowest BCUT2D eigenvalue weighted by Crippen LogP contribution is -2.12. The highest BCUT2D eigenvalue weighted by Crippen LogP contribution is 2.26. The number of hydrogen-bond acceptors (Lipinski definition) is 4. The van der Waals surface area contributed by atoms with Crippen LogP contribution in [0.5, 0.6) is 11.5 Å². The van der Waals surface area contributed by atoms with E-state index in [0.29, 0.717) is 10.8 Å². The van der Waals surface area contributed by atoms with Gasteiger partial charge in [-0.05, 0) is 24.3 Å². The minimum atomic E-state index is -0.534. The van der Waals surface area contributed by atoms with Crippen molar-refractivity contribution in [3.05, 3.63) is 58.4 Å². The van der Waals surface area contributed by atoms with E-state index in [1.165, 1.54) is 12.1 Å². The Kier molecular flexibility index (Phi) is 6.00. The van der Waals surface area contributed by atoms with Gasteiger partial charge in [-0.2, -0.15) is 0 Å². The molecule has 0 unspecified atom stereocenters. The molecule has 6 heteroatoms. The first-order chi connectivity index (χ1) is 10.7. The third-order valence-electron chi connectivity index (χ3n) is 2.97. The van der Waals surface area contributed by atoms with Crippen LogP contribution in [-0.2, 0) is 13.2 Å². The molecule has 0 aliphatic carbocycles. The summed E-state index contributed by atoms with van der Waals surface area (Å²) >= 11 is 5.96. The van der Waals surface area contributed by atoms with E-state index in [9.17, 15) is 14.6 Å². The molecule has 0 saturated carbocycles. The van der Waals surface area contributed by atoms with E-state index in [0.717, 1.165) is 0 Å². The highest BCUT2D eigenvalue weighted by Gasteiger charge is 2.12. The third-order valence-corrected chi connectivity index (χ3v) is 3.28. The predicted octanol–water partition coefficient (Wildman–Crippen LogP) is 2.92. The molecule has 2 aromatic rings. The summed E-state index contributed by atoms with van der Waals surface area (Å²) in [6, 6.07) is 9.39. The van der Waals surface area contributed by atoms with Gasteiger partial charge >= 0.3 is 0 Å². The zero-order chi connectivity index (χ0) is 15.9. The average molecular weight is 327 g/mol. The fraction of sp³-hybridized carbons (Fsp3) is 0.250. The second-order valence-corrected chi connectivity index (χ2v) is 4.90. The summed E-state index contributed by atoms with van der Waals surface area (Å²) in [7, 11) is 0. The third kappa shape index (κ3) is 4.10. The molecule has 0 saturated heterocycles. The van der Waals surface area contributed by atoms with Crippen molar-refractivity contribution in [2.75, 3.05) is 13.2 Å². The molecule has 0 fully saturated rings. The van der Waals surface area contributed by atoms with E-state index < -0.39 is 5.82 Å². The van der Waals surface area contributed by atoms with Crippen LogP contribution in [0, 0.1) is 5.82 Å². The monoisotopic (exact) mass is 326 g/mol. The van der Waals surface area contributed by atoms with Crippen LogP contribution in [0.1, 0.15) is 11.1 Å². The number of benzene rings is 2. The maximum Gasteiger partial charge on any atom is 0.138 e. The van der Waals surface area contributed by atoms with Gasteiger partial charge in [-0.1, -0.05) is 23.7 Å². The van der Waals surface area contributed by atoms with Gasteiger partial charge in [-0.15, -0.1) is 0 Å². The molecule has 22 heavy (non-hydrogen) atoms. The molecule has 0 radical (unpaired) electrons. The molecule has 0 aliphatic rings. The molecule has 0 bridgehead atoms. The molecule has 0 atom stereocenters. The number of para-hydroxylation sites is 1. The molecule has 2 aromatic carbocycles. The van der Waals surface area contributed by atoms with Gasteiger partial charge < -0.3 is 19.7 Å². The summed E-state index contributed by atoms with van der Waals surface area (Å²) in [5, 5.41) is 19.0. The number of halogens is 2. The van der Waals surface area contributed by atoms with Crippen molar-refractivity contribution in [1.29, 1.82) is 0 Å². The lowest BCUT2D eigenvalue weighted by atomic mass is 10.1. The molecule has 0 heterocycles. The molecular weight excluding hydrogens is 311 g/mol. The minimum absolute atomic E-state index is 0.164. The average Bonchev–Trinajstić information content (AvgIpc) is 2.53. The predicted molar refractivity (Wildman–Crippen MR) is 80.7 cm³/mol. The van der Waals surface area contributed by atoms with Crippen LogP contribution in [0.15, 0.2) is 36.4 Å². The number of ether oxygens (including phenoxy) is 2. The molecule has 0 aliphatic heterocycles. The summed E-state index contributed by atoms with van der Waals surface area (Å²) in [5.74, 6) is 0.276. The normalized spacial score (nSPS) is 10.5. The minimum Gasteiger partial charge on any atom is -0.489 e. The van der Waals surface area contributed by atoms with Gasteiger partial charge in [0.25, 0.3) is 0 Å². The Balaban J connectivity index is 1.98. The first-order valence-corrected chi connectivity index (χ1v) is 7.06. The summed E-state index contributed by atoms with van der Waals surface area (Å²) < 4.78 is 24.3. The number of hydrogen-bond donors (Lipinski definition) is 2. The Labute approximate surface area is 132 Å².